The van der Waals surface area contributed by atoms with Gasteiger partial charge in [-0.15, -0.1) is 0 Å². The summed E-state index contributed by atoms with van der Waals surface area (Å²) in [7, 11) is 1.63. The topological polar surface area (TPSA) is 91.7 Å². The number of piperazine rings is 1. The Morgan fingerprint density at radius 3 is 1.77 bits per heavy atom. The number of amides is 1. The molecule has 0 aliphatic carbocycles. The summed E-state index contributed by atoms with van der Waals surface area (Å²) in [6.07, 6.45) is 19.4. The first-order valence-corrected chi connectivity index (χ1v) is 18.6. The predicted octanol–water partition coefficient (Wildman–Crippen LogP) is 8.55. The van der Waals surface area contributed by atoms with Gasteiger partial charge in [0, 0.05) is 38.8 Å². The van der Waals surface area contributed by atoms with Crippen LogP contribution in [0.25, 0.3) is 6.08 Å². The zero-order valence-electron chi connectivity index (χ0n) is 30.0. The highest BCUT2D eigenvalue weighted by Crippen LogP contribution is 2.38. The molecule has 1 fully saturated rings. The van der Waals surface area contributed by atoms with Crippen LogP contribution in [-0.2, 0) is 4.79 Å². The fourth-order valence-corrected chi connectivity index (χ4v) is 6.00. The van der Waals surface area contributed by atoms with Crippen LogP contribution in [0, 0.1) is 0 Å². The van der Waals surface area contributed by atoms with E-state index < -0.39 is 6.10 Å². The molecule has 0 saturated carbocycles. The molecule has 0 bridgehead atoms. The van der Waals surface area contributed by atoms with Crippen LogP contribution in [0.2, 0.25) is 0 Å². The summed E-state index contributed by atoms with van der Waals surface area (Å²) in [4.78, 5) is 17.2. The number of phenolic OH excluding ortho intramolecular Hbond substituents is 1. The maximum absolute atomic E-state index is 13.1. The molecule has 1 heterocycles. The summed E-state index contributed by atoms with van der Waals surface area (Å²) >= 11 is 0. The number of aliphatic hydroxyl groups excluding tert-OH is 1. The molecular weight excluding hydrogens is 604 g/mol. The Morgan fingerprint density at radius 1 is 0.771 bits per heavy atom. The number of aliphatic hydroxyl groups is 1. The van der Waals surface area contributed by atoms with E-state index in [4.69, 9.17) is 14.2 Å². The third-order valence-corrected chi connectivity index (χ3v) is 9.11. The third-order valence-electron chi connectivity index (χ3n) is 9.11. The number of nitrogens with zero attached hydrogens (tertiary/aromatic N) is 2. The van der Waals surface area contributed by atoms with E-state index in [0.29, 0.717) is 57.4 Å². The predicted molar refractivity (Wildman–Crippen MR) is 195 cm³/mol. The van der Waals surface area contributed by atoms with Crippen molar-refractivity contribution in [1.82, 2.24) is 9.80 Å². The number of unbranched alkanes of at least 4 members (excludes halogenated alkanes) is 12. The second-order valence-corrected chi connectivity index (χ2v) is 13.1. The van der Waals surface area contributed by atoms with Gasteiger partial charge in [0.1, 0.15) is 5.75 Å². The molecular formula is C40H62N2O6. The van der Waals surface area contributed by atoms with Gasteiger partial charge in [-0.05, 0) is 54.3 Å². The fraction of sp³-hybridized carbons (Fsp3) is 0.625. The lowest BCUT2D eigenvalue weighted by atomic mass is 10.1. The van der Waals surface area contributed by atoms with Crippen LogP contribution in [0.4, 0.5) is 0 Å². The molecule has 1 aliphatic heterocycles. The minimum Gasteiger partial charge on any atom is -0.502 e. The second-order valence-electron chi connectivity index (χ2n) is 13.1. The first-order valence-electron chi connectivity index (χ1n) is 18.6. The molecule has 0 radical (unpaired) electrons. The minimum absolute atomic E-state index is 0.0253. The van der Waals surface area contributed by atoms with Crippen molar-refractivity contribution in [2.24, 2.45) is 0 Å². The summed E-state index contributed by atoms with van der Waals surface area (Å²) in [5.41, 5.74) is 1.61. The number of benzene rings is 2. The zero-order chi connectivity index (χ0) is 34.4. The lowest BCUT2D eigenvalue weighted by molar-refractivity contribution is -0.127. The number of phenols is 1. The molecule has 268 valence electrons. The second kappa shape index (κ2) is 23.2. The van der Waals surface area contributed by atoms with Crippen LogP contribution in [0.15, 0.2) is 42.5 Å². The van der Waals surface area contributed by atoms with Gasteiger partial charge in [-0.2, -0.15) is 0 Å². The smallest absolute Gasteiger partial charge is 0.246 e. The van der Waals surface area contributed by atoms with Crippen molar-refractivity contribution in [2.45, 2.75) is 110 Å². The van der Waals surface area contributed by atoms with Crippen molar-refractivity contribution in [1.29, 1.82) is 0 Å². The molecule has 2 N–H and O–H groups in total. The van der Waals surface area contributed by atoms with E-state index in [2.05, 4.69) is 18.7 Å². The Kier molecular flexibility index (Phi) is 18.9. The molecule has 2 aromatic rings. The Balaban J connectivity index is 1.53. The lowest BCUT2D eigenvalue weighted by Gasteiger charge is -2.35. The van der Waals surface area contributed by atoms with Crippen molar-refractivity contribution in [2.75, 3.05) is 53.0 Å². The van der Waals surface area contributed by atoms with Gasteiger partial charge in [-0.3, -0.25) is 9.69 Å². The van der Waals surface area contributed by atoms with E-state index in [9.17, 15) is 15.0 Å². The van der Waals surface area contributed by atoms with Crippen LogP contribution in [0.5, 0.6) is 23.0 Å². The molecule has 1 saturated heterocycles. The Labute approximate surface area is 290 Å². The van der Waals surface area contributed by atoms with Gasteiger partial charge < -0.3 is 29.3 Å². The van der Waals surface area contributed by atoms with Crippen molar-refractivity contribution in [3.05, 3.63) is 53.6 Å². The van der Waals surface area contributed by atoms with Crippen LogP contribution >= 0.6 is 0 Å². The third kappa shape index (κ3) is 14.5. The Bertz CT molecular complexity index is 1150. The van der Waals surface area contributed by atoms with E-state index in [1.165, 1.54) is 64.2 Å². The molecule has 8 heteroatoms. The number of β-amino-alcohol motifs (C(OH)–C–C–N with tert-alkyl or cyclic N) is 1. The number of rotatable bonds is 24. The molecule has 1 aliphatic rings. The molecule has 0 aromatic heterocycles. The zero-order valence-corrected chi connectivity index (χ0v) is 30.0. The summed E-state index contributed by atoms with van der Waals surface area (Å²) < 4.78 is 17.3. The molecule has 1 unspecified atom stereocenters. The molecule has 1 atom stereocenters. The average Bonchev–Trinajstić information content (AvgIpc) is 3.11. The largest absolute Gasteiger partial charge is 0.502 e. The molecule has 8 nitrogen and oxygen atoms in total. The van der Waals surface area contributed by atoms with E-state index in [1.807, 2.05) is 29.2 Å². The highest BCUT2D eigenvalue weighted by atomic mass is 16.5. The van der Waals surface area contributed by atoms with Crippen molar-refractivity contribution in [3.8, 4) is 23.0 Å². The number of carbonyl (C=O) groups is 1. The Hall–Kier alpha value is -3.23. The van der Waals surface area contributed by atoms with Crippen LogP contribution < -0.4 is 14.2 Å². The normalized spacial score (nSPS) is 14.4. The standard InChI is InChI=1S/C40H62N2O6/c1-4-6-8-10-12-14-16-28-47-37-30-33(31-38(40(37)45)48-29-17-15-13-11-9-7-5-2)18-23-39(44)42-26-24-41(25-27-42)32-36(43)34-19-21-35(46-3)22-20-34/h18-23,30-31,36,43,45H,4-17,24-29,32H2,1-3H3/b23-18+. The van der Waals surface area contributed by atoms with Crippen molar-refractivity contribution >= 4 is 12.0 Å². The average molecular weight is 667 g/mol. The fourth-order valence-electron chi connectivity index (χ4n) is 6.00. The first-order chi connectivity index (χ1) is 23.4. The number of methoxy groups -OCH3 is 1. The van der Waals surface area contributed by atoms with Gasteiger partial charge >= 0.3 is 0 Å². The molecule has 2 aromatic carbocycles. The van der Waals surface area contributed by atoms with Crippen molar-refractivity contribution < 1.29 is 29.2 Å². The SMILES string of the molecule is CCCCCCCCCOc1cc(/C=C/C(=O)N2CCN(CC(O)c3ccc(OC)cc3)CC2)cc(OCCCCCCCCC)c1O. The monoisotopic (exact) mass is 666 g/mol. The van der Waals surface area contributed by atoms with E-state index in [-0.39, 0.29) is 11.7 Å². The van der Waals surface area contributed by atoms with Gasteiger partial charge in [0.05, 0.1) is 26.4 Å². The summed E-state index contributed by atoms with van der Waals surface area (Å²) in [5, 5.41) is 21.7. The summed E-state index contributed by atoms with van der Waals surface area (Å²) in [6, 6.07) is 11.1. The number of hydrogen-bond acceptors (Lipinski definition) is 7. The number of hydrogen-bond donors (Lipinski definition) is 2. The van der Waals surface area contributed by atoms with Gasteiger partial charge in [0.2, 0.25) is 11.7 Å². The van der Waals surface area contributed by atoms with Gasteiger partial charge in [-0.25, -0.2) is 0 Å². The number of aromatic hydroxyl groups is 1. The van der Waals surface area contributed by atoms with Gasteiger partial charge in [0.15, 0.2) is 11.5 Å². The number of ether oxygens (including phenoxy) is 3. The highest BCUT2D eigenvalue weighted by molar-refractivity contribution is 5.92. The van der Waals surface area contributed by atoms with E-state index in [1.54, 1.807) is 31.4 Å². The van der Waals surface area contributed by atoms with Crippen LogP contribution in [0.1, 0.15) is 121 Å². The maximum atomic E-state index is 13.1. The quantitative estimate of drug-likeness (QED) is 0.0857. The first kappa shape index (κ1) is 39.2. The molecule has 0 spiro atoms. The maximum Gasteiger partial charge on any atom is 0.246 e. The van der Waals surface area contributed by atoms with Gasteiger partial charge in [-0.1, -0.05) is 103 Å². The minimum atomic E-state index is -0.600. The molecule has 3 rings (SSSR count). The van der Waals surface area contributed by atoms with Gasteiger partial charge in [0.25, 0.3) is 0 Å². The van der Waals surface area contributed by atoms with E-state index >= 15 is 0 Å². The van der Waals surface area contributed by atoms with Crippen LogP contribution in [-0.4, -0.2) is 79.0 Å². The Morgan fingerprint density at radius 2 is 1.27 bits per heavy atom. The summed E-state index contributed by atoms with van der Waals surface area (Å²) in [6.45, 7) is 8.60. The van der Waals surface area contributed by atoms with Crippen LogP contribution in [0.3, 0.4) is 0 Å². The van der Waals surface area contributed by atoms with Crippen molar-refractivity contribution in [3.63, 3.8) is 0 Å². The highest BCUT2D eigenvalue weighted by Gasteiger charge is 2.22. The molecule has 48 heavy (non-hydrogen) atoms. The summed E-state index contributed by atoms with van der Waals surface area (Å²) in [5.74, 6) is 1.52. The van der Waals surface area contributed by atoms with E-state index in [0.717, 1.165) is 42.6 Å². The lowest BCUT2D eigenvalue weighted by Crippen LogP contribution is -2.49. The number of carbonyl (C=O) groups excluding carboxylic acids is 1. The molecule has 1 amide bonds.